The van der Waals surface area contributed by atoms with Crippen molar-refractivity contribution >= 4 is 6.88 Å². The van der Waals surface area contributed by atoms with E-state index in [1.54, 1.807) is 0 Å². The molecule has 0 aromatic rings. The molecule has 0 bridgehead atoms. The summed E-state index contributed by atoms with van der Waals surface area (Å²) in [4.78, 5) is 0. The molecule has 0 unspecified atom stereocenters. The van der Waals surface area contributed by atoms with Crippen LogP contribution in [0.1, 0.15) is 13.8 Å². The fraction of sp³-hybridized carbons (Fsp3) is 1.00. The van der Waals surface area contributed by atoms with Crippen molar-refractivity contribution in [2.45, 2.75) is 20.0 Å². The van der Waals surface area contributed by atoms with Gasteiger partial charge in [-0.15, -0.1) is 0 Å². The molecule has 0 amide bonds. The summed E-state index contributed by atoms with van der Waals surface area (Å²) < 4.78 is 74.8. The van der Waals surface area contributed by atoms with E-state index in [1.165, 1.54) is 0 Å². The minimum atomic E-state index is -7.59. The van der Waals surface area contributed by atoms with Gasteiger partial charge in [0.1, 0.15) is 0 Å². The Morgan fingerprint density at radius 2 is 1.23 bits per heavy atom. The third-order valence-electron chi connectivity index (χ3n) is 2.19. The quantitative estimate of drug-likeness (QED) is 0.499. The van der Waals surface area contributed by atoms with Crippen LogP contribution >= 0.6 is 6.88 Å². The Morgan fingerprint density at radius 3 is 1.31 bits per heavy atom. The van der Waals surface area contributed by atoms with Gasteiger partial charge in [0.15, 0.2) is 0 Å². The van der Waals surface area contributed by atoms with Crippen LogP contribution in [-0.4, -0.2) is 24.7 Å². The Kier molecular flexibility index (Phi) is 2.53. The topological polar surface area (TPSA) is 0 Å². The van der Waals surface area contributed by atoms with Gasteiger partial charge in [0.2, 0.25) is 0 Å². The van der Waals surface area contributed by atoms with E-state index in [-0.39, 0.29) is 0 Å². The maximum absolute atomic E-state index is 13.2. The van der Waals surface area contributed by atoms with Crippen LogP contribution in [0.3, 0.4) is 0 Å². The molecule has 0 aromatic heterocycles. The number of rotatable bonds is 3. The maximum atomic E-state index is 13.2. The summed E-state index contributed by atoms with van der Waals surface area (Å²) >= 11 is 0. The molecule has 0 N–H and O–H groups in total. The molecule has 0 nitrogen and oxygen atoms in total. The van der Waals surface area contributed by atoms with E-state index in [1.807, 2.05) is 0 Å². The zero-order chi connectivity index (χ0) is 11.0. The zero-order valence-corrected chi connectivity index (χ0v) is 8.23. The number of hydrogen-bond acceptors (Lipinski definition) is 0. The van der Waals surface area contributed by atoms with Gasteiger partial charge in [-0.2, -0.15) is 0 Å². The van der Waals surface area contributed by atoms with Crippen molar-refractivity contribution in [3.8, 4) is 0 Å². The Labute approximate surface area is 72.2 Å². The van der Waals surface area contributed by atoms with E-state index in [0.29, 0.717) is 0 Å². The van der Waals surface area contributed by atoms with Gasteiger partial charge in [0.25, 0.3) is 0 Å². The molecule has 0 spiro atoms. The summed E-state index contributed by atoms with van der Waals surface area (Å²) in [6.45, 7) is -6.08. The summed E-state index contributed by atoms with van der Waals surface area (Å²) in [5, 5.41) is 0. The van der Waals surface area contributed by atoms with Crippen molar-refractivity contribution in [1.29, 1.82) is 0 Å². The van der Waals surface area contributed by atoms with Gasteiger partial charge in [0.05, 0.1) is 0 Å². The average molecular weight is 229 g/mol. The fourth-order valence-electron chi connectivity index (χ4n) is 0.904. The van der Waals surface area contributed by atoms with Crippen LogP contribution in [0.2, 0.25) is 0 Å². The van der Waals surface area contributed by atoms with Crippen molar-refractivity contribution in [3.63, 3.8) is 0 Å². The van der Waals surface area contributed by atoms with Crippen molar-refractivity contribution in [3.05, 3.63) is 0 Å². The number of hydrogen-bond donors (Lipinski definition) is 0. The van der Waals surface area contributed by atoms with E-state index in [9.17, 15) is 25.8 Å². The fourth-order valence-corrected chi connectivity index (χ4v) is 2.71. The van der Waals surface area contributed by atoms with Crippen LogP contribution in [0.25, 0.3) is 0 Å². The van der Waals surface area contributed by atoms with Gasteiger partial charge in [-0.1, -0.05) is 0 Å². The van der Waals surface area contributed by atoms with Gasteiger partial charge >= 0.3 is 71.1 Å². The van der Waals surface area contributed by atoms with Gasteiger partial charge in [-0.3, -0.25) is 0 Å². The first-order chi connectivity index (χ1) is 5.36. The number of halogens is 6. The molecule has 0 saturated carbocycles. The second kappa shape index (κ2) is 2.53. The molecule has 0 fully saturated rings. The predicted octanol–water partition coefficient (Wildman–Crippen LogP) is 4.33. The molecule has 0 aliphatic carbocycles. The Morgan fingerprint density at radius 1 is 0.923 bits per heavy atom. The molecule has 7 heteroatoms. The van der Waals surface area contributed by atoms with Crippen molar-refractivity contribution in [1.82, 2.24) is 0 Å². The third kappa shape index (κ3) is 3.71. The summed E-state index contributed by atoms with van der Waals surface area (Å²) in [7, 11) is 0. The van der Waals surface area contributed by atoms with Crippen molar-refractivity contribution in [2.75, 3.05) is 18.5 Å². The summed E-state index contributed by atoms with van der Waals surface area (Å²) in [6.07, 6.45) is -10.4. The van der Waals surface area contributed by atoms with Crippen LogP contribution in [0, 0.1) is 0 Å². The third-order valence-corrected chi connectivity index (χ3v) is 6.58. The van der Waals surface area contributed by atoms with Crippen LogP contribution in [0.4, 0.5) is 25.8 Å². The zero-order valence-electron chi connectivity index (χ0n) is 7.34. The molecule has 0 aliphatic rings. The van der Waals surface area contributed by atoms with E-state index in [0.717, 1.165) is 13.8 Å². The van der Waals surface area contributed by atoms with Crippen molar-refractivity contribution < 1.29 is 25.8 Å². The Balaban J connectivity index is 5.08. The predicted molar refractivity (Wildman–Crippen MR) is 42.2 cm³/mol. The molecule has 84 valence electrons. The first-order valence-corrected chi connectivity index (χ1v) is 6.70. The molecular weight excluding hydrogens is 217 g/mol. The van der Waals surface area contributed by atoms with E-state index < -0.39 is 31.5 Å². The normalized spacial score (nSPS) is 19.4. The van der Waals surface area contributed by atoms with Crippen LogP contribution in [0.15, 0.2) is 0 Å². The molecule has 0 radical (unpaired) electrons. The minimum absolute atomic E-state index is 0.755. The van der Waals surface area contributed by atoms with Crippen LogP contribution in [0.5, 0.6) is 0 Å². The summed E-state index contributed by atoms with van der Waals surface area (Å²) in [6, 6.07) is 0. The molecule has 0 aromatic carbocycles. The van der Waals surface area contributed by atoms with Gasteiger partial charge in [-0.25, -0.2) is 0 Å². The molecule has 0 saturated heterocycles. The Bertz CT molecular complexity index is 199. The van der Waals surface area contributed by atoms with Gasteiger partial charge < -0.3 is 0 Å². The van der Waals surface area contributed by atoms with E-state index in [4.69, 9.17) is 0 Å². The van der Waals surface area contributed by atoms with E-state index in [2.05, 4.69) is 0 Å². The molecule has 13 heavy (non-hydrogen) atoms. The SMILES string of the molecule is CC[P-](F)(F)(F)(CC)CC(F)(F)F. The van der Waals surface area contributed by atoms with Crippen LogP contribution < -0.4 is 0 Å². The van der Waals surface area contributed by atoms with Gasteiger partial charge in [0, 0.05) is 0 Å². The average Bonchev–Trinajstić information content (AvgIpc) is 1.84. The van der Waals surface area contributed by atoms with Crippen LogP contribution in [-0.2, 0) is 0 Å². The molecule has 0 atom stereocenters. The summed E-state index contributed by atoms with van der Waals surface area (Å²) in [5.41, 5.74) is 0. The molecule has 0 heterocycles. The van der Waals surface area contributed by atoms with E-state index >= 15 is 0 Å². The summed E-state index contributed by atoms with van der Waals surface area (Å²) in [5.74, 6) is 0. The molecule has 0 rings (SSSR count). The van der Waals surface area contributed by atoms with Crippen molar-refractivity contribution in [2.24, 2.45) is 0 Å². The molecular formula is C6H12F6P-. The number of alkyl halides is 3. The standard InChI is InChI=1S/C6H12F6P/c1-3-13(10,11,12,4-2)5-6(7,8)9/h3-5H2,1-2H3/q-1. The second-order valence-corrected chi connectivity index (χ2v) is 8.80. The van der Waals surface area contributed by atoms with Gasteiger partial charge in [-0.05, 0) is 0 Å². The second-order valence-electron chi connectivity index (χ2n) is 3.34. The monoisotopic (exact) mass is 229 g/mol. The first-order valence-electron chi connectivity index (χ1n) is 3.79. The molecule has 0 aliphatic heterocycles. The first kappa shape index (κ1) is 13.0. The Hall–Kier alpha value is 0.01000.